The molecule has 2 heterocycles. The second-order valence-electron chi connectivity index (χ2n) is 6.73. The fourth-order valence-corrected chi connectivity index (χ4v) is 3.85. The van der Waals surface area contributed by atoms with Crippen LogP contribution in [-0.4, -0.2) is 61.3 Å². The maximum absolute atomic E-state index is 12.3. The van der Waals surface area contributed by atoms with Crippen molar-refractivity contribution in [2.45, 2.75) is 18.9 Å². The summed E-state index contributed by atoms with van der Waals surface area (Å²) in [6.07, 6.45) is 2.99. The molecule has 1 aliphatic heterocycles. The lowest BCUT2D eigenvalue weighted by atomic mass is 9.94. The van der Waals surface area contributed by atoms with Gasteiger partial charge in [0.1, 0.15) is 0 Å². The highest BCUT2D eigenvalue weighted by atomic mass is 32.2. The van der Waals surface area contributed by atoms with E-state index in [1.807, 2.05) is 30.3 Å². The largest absolute Gasteiger partial charge is 0.391 e. The minimum Gasteiger partial charge on any atom is -0.391 e. The monoisotopic (exact) mass is 377 g/mol. The molecule has 3 rings (SSSR count). The van der Waals surface area contributed by atoms with Crippen LogP contribution in [0, 0.1) is 5.92 Å². The van der Waals surface area contributed by atoms with Crippen molar-refractivity contribution < 1.29 is 18.3 Å². The van der Waals surface area contributed by atoms with Crippen LogP contribution in [0.2, 0.25) is 0 Å². The summed E-state index contributed by atoms with van der Waals surface area (Å²) in [6, 6.07) is 9.82. The number of carbonyl (C=O) groups is 1. The number of nitrogens with zero attached hydrogens (tertiary/aromatic N) is 2. The molecular weight excluding hydrogens is 354 g/mol. The molecule has 26 heavy (non-hydrogen) atoms. The Hall–Kier alpha value is -2.03. The molecule has 1 fully saturated rings. The molecule has 2 N–H and O–H groups in total. The van der Waals surface area contributed by atoms with Gasteiger partial charge in [-0.15, -0.1) is 0 Å². The molecule has 0 radical (unpaired) electrons. The Kier molecular flexibility index (Phi) is 5.55. The Morgan fingerprint density at radius 3 is 2.85 bits per heavy atom. The van der Waals surface area contributed by atoms with Gasteiger partial charge >= 0.3 is 0 Å². The molecule has 1 aromatic heterocycles. The first kappa shape index (κ1) is 18.8. The predicted octanol–water partition coefficient (Wildman–Crippen LogP) is 0.536. The molecule has 0 saturated carbocycles. The lowest BCUT2D eigenvalue weighted by Gasteiger charge is -2.16. The van der Waals surface area contributed by atoms with Crippen LogP contribution < -0.4 is 4.72 Å². The third-order valence-electron chi connectivity index (χ3n) is 4.68. The molecule has 1 amide bonds. The predicted molar refractivity (Wildman–Crippen MR) is 99.0 cm³/mol. The Labute approximate surface area is 153 Å². The first-order chi connectivity index (χ1) is 12.3. The van der Waals surface area contributed by atoms with Crippen LogP contribution in [0.3, 0.4) is 0 Å². The van der Waals surface area contributed by atoms with Gasteiger partial charge in [-0.1, -0.05) is 18.2 Å². The van der Waals surface area contributed by atoms with Gasteiger partial charge in [-0.3, -0.25) is 9.78 Å². The van der Waals surface area contributed by atoms with Crippen molar-refractivity contribution in [3.8, 4) is 0 Å². The SMILES string of the molecule is CS(=O)(=O)NCCC(=O)N1CC(O)C(Cc2ccnc3ccccc23)C1. The molecule has 0 spiro atoms. The zero-order valence-electron chi connectivity index (χ0n) is 14.6. The van der Waals surface area contributed by atoms with Gasteiger partial charge in [0.05, 0.1) is 17.9 Å². The van der Waals surface area contributed by atoms with Crippen molar-refractivity contribution in [2.75, 3.05) is 25.9 Å². The van der Waals surface area contributed by atoms with Crippen LogP contribution in [0.1, 0.15) is 12.0 Å². The number of amides is 1. The van der Waals surface area contributed by atoms with Crippen LogP contribution in [-0.2, 0) is 21.2 Å². The number of pyridine rings is 1. The average Bonchev–Trinajstić information content (AvgIpc) is 2.95. The first-order valence-corrected chi connectivity index (χ1v) is 10.5. The van der Waals surface area contributed by atoms with Crippen molar-refractivity contribution in [2.24, 2.45) is 5.92 Å². The highest BCUT2D eigenvalue weighted by Gasteiger charge is 2.34. The summed E-state index contributed by atoms with van der Waals surface area (Å²) in [6.45, 7) is 0.824. The zero-order chi connectivity index (χ0) is 18.7. The van der Waals surface area contributed by atoms with Crippen LogP contribution >= 0.6 is 0 Å². The number of benzene rings is 1. The van der Waals surface area contributed by atoms with Gasteiger partial charge in [-0.25, -0.2) is 13.1 Å². The lowest BCUT2D eigenvalue weighted by molar-refractivity contribution is -0.130. The number of aliphatic hydroxyl groups is 1. The molecule has 1 aromatic carbocycles. The number of hydrogen-bond acceptors (Lipinski definition) is 5. The molecule has 2 unspecified atom stereocenters. The summed E-state index contributed by atoms with van der Waals surface area (Å²) in [7, 11) is -3.30. The van der Waals surface area contributed by atoms with Crippen molar-refractivity contribution in [1.29, 1.82) is 0 Å². The third kappa shape index (κ3) is 4.57. The van der Waals surface area contributed by atoms with E-state index in [1.165, 1.54) is 0 Å². The molecule has 140 valence electrons. The maximum Gasteiger partial charge on any atom is 0.223 e. The Morgan fingerprint density at radius 2 is 2.08 bits per heavy atom. The van der Waals surface area contributed by atoms with Gasteiger partial charge in [0, 0.05) is 43.6 Å². The number of β-amino-alcohol motifs (C(OH)–C–C–N with tert-alkyl or cyclic N) is 1. The number of nitrogens with one attached hydrogen (secondary N) is 1. The fourth-order valence-electron chi connectivity index (χ4n) is 3.38. The highest BCUT2D eigenvalue weighted by molar-refractivity contribution is 7.88. The Morgan fingerprint density at radius 1 is 1.31 bits per heavy atom. The normalized spacial score (nSPS) is 20.6. The fraction of sp³-hybridized carbons (Fsp3) is 0.444. The smallest absolute Gasteiger partial charge is 0.223 e. The van der Waals surface area contributed by atoms with E-state index in [1.54, 1.807) is 11.1 Å². The second-order valence-corrected chi connectivity index (χ2v) is 8.57. The van der Waals surface area contributed by atoms with Crippen LogP contribution in [0.4, 0.5) is 0 Å². The molecule has 0 bridgehead atoms. The van der Waals surface area contributed by atoms with E-state index in [9.17, 15) is 18.3 Å². The summed E-state index contributed by atoms with van der Waals surface area (Å²) in [4.78, 5) is 18.2. The van der Waals surface area contributed by atoms with E-state index < -0.39 is 16.1 Å². The molecule has 0 aliphatic carbocycles. The Balaban J connectivity index is 1.62. The van der Waals surface area contributed by atoms with Gasteiger partial charge in [-0.05, 0) is 24.1 Å². The molecule has 1 saturated heterocycles. The quantitative estimate of drug-likeness (QED) is 0.765. The molecular formula is C18H23N3O4S. The van der Waals surface area contributed by atoms with Crippen LogP contribution in [0.5, 0.6) is 0 Å². The maximum atomic E-state index is 12.3. The molecule has 2 atom stereocenters. The first-order valence-electron chi connectivity index (χ1n) is 8.56. The van der Waals surface area contributed by atoms with Crippen molar-refractivity contribution >= 4 is 26.8 Å². The summed E-state index contributed by atoms with van der Waals surface area (Å²) in [5, 5.41) is 11.4. The number of fused-ring (bicyclic) bond motifs is 1. The van der Waals surface area contributed by atoms with Crippen LogP contribution in [0.25, 0.3) is 10.9 Å². The summed E-state index contributed by atoms with van der Waals surface area (Å²) in [5.74, 6) is -0.199. The van der Waals surface area contributed by atoms with Crippen LogP contribution in [0.15, 0.2) is 36.5 Å². The summed E-state index contributed by atoms with van der Waals surface area (Å²) < 4.78 is 24.4. The molecule has 2 aromatic rings. The van der Waals surface area contributed by atoms with E-state index in [2.05, 4.69) is 9.71 Å². The minimum absolute atomic E-state index is 0.0485. The van der Waals surface area contributed by atoms with E-state index in [0.29, 0.717) is 13.0 Å². The van der Waals surface area contributed by atoms with E-state index in [4.69, 9.17) is 0 Å². The topological polar surface area (TPSA) is 99.6 Å². The second kappa shape index (κ2) is 7.69. The Bertz CT molecular complexity index is 895. The number of sulfonamides is 1. The highest BCUT2D eigenvalue weighted by Crippen LogP contribution is 2.25. The number of likely N-dealkylation sites (tertiary alicyclic amines) is 1. The molecule has 8 heteroatoms. The third-order valence-corrected chi connectivity index (χ3v) is 5.41. The van der Waals surface area contributed by atoms with Gasteiger partial charge in [0.15, 0.2) is 0 Å². The van der Waals surface area contributed by atoms with E-state index in [0.717, 1.165) is 22.7 Å². The van der Waals surface area contributed by atoms with Crippen molar-refractivity contribution in [3.05, 3.63) is 42.1 Å². The summed E-state index contributed by atoms with van der Waals surface area (Å²) in [5.41, 5.74) is 2.02. The standard InChI is InChI=1S/C18H23N3O4S/c1-26(24,25)20-9-7-18(23)21-11-14(17(22)12-21)10-13-6-8-19-16-5-3-2-4-15(13)16/h2-6,8,14,17,20,22H,7,9-12H2,1H3. The van der Waals surface area contributed by atoms with Crippen molar-refractivity contribution in [1.82, 2.24) is 14.6 Å². The number of rotatable bonds is 6. The van der Waals surface area contributed by atoms with Crippen molar-refractivity contribution in [3.63, 3.8) is 0 Å². The van der Waals surface area contributed by atoms with E-state index >= 15 is 0 Å². The van der Waals surface area contributed by atoms with Gasteiger partial charge < -0.3 is 10.0 Å². The van der Waals surface area contributed by atoms with Gasteiger partial charge in [0.2, 0.25) is 15.9 Å². The average molecular weight is 377 g/mol. The number of aromatic nitrogens is 1. The van der Waals surface area contributed by atoms with Gasteiger partial charge in [-0.2, -0.15) is 0 Å². The number of hydrogen-bond donors (Lipinski definition) is 2. The van der Waals surface area contributed by atoms with Gasteiger partial charge in [0.25, 0.3) is 0 Å². The molecule has 1 aliphatic rings. The van der Waals surface area contributed by atoms with E-state index in [-0.39, 0.29) is 31.3 Å². The zero-order valence-corrected chi connectivity index (χ0v) is 15.4. The molecule has 7 nitrogen and oxygen atoms in total. The number of para-hydroxylation sites is 1. The lowest BCUT2D eigenvalue weighted by Crippen LogP contribution is -2.33. The minimum atomic E-state index is -3.30. The summed E-state index contributed by atoms with van der Waals surface area (Å²) >= 11 is 0. The number of carbonyl (C=O) groups excluding carboxylic acids is 1. The number of aliphatic hydroxyl groups excluding tert-OH is 1.